The molecule has 0 atom stereocenters. The third kappa shape index (κ3) is 4.45. The van der Waals surface area contributed by atoms with Crippen LogP contribution < -0.4 is 20.3 Å². The zero-order valence-corrected chi connectivity index (χ0v) is 16.7. The topological polar surface area (TPSA) is 79.8 Å². The zero-order chi connectivity index (χ0) is 20.9. The Bertz CT molecular complexity index is 927. The van der Waals surface area contributed by atoms with Gasteiger partial charge >= 0.3 is 0 Å². The molecule has 0 heterocycles. The lowest BCUT2D eigenvalue weighted by Crippen LogP contribution is -2.47. The molecule has 0 unspecified atom stereocenters. The van der Waals surface area contributed by atoms with Crippen LogP contribution in [0.4, 0.5) is 5.69 Å². The van der Waals surface area contributed by atoms with E-state index in [-0.39, 0.29) is 0 Å². The third-order valence-corrected chi connectivity index (χ3v) is 4.72. The Hall–Kier alpha value is -3.22. The van der Waals surface area contributed by atoms with Gasteiger partial charge in [0.1, 0.15) is 11.5 Å². The maximum atomic E-state index is 13.1. The van der Waals surface area contributed by atoms with Crippen molar-refractivity contribution in [2.24, 2.45) is 0 Å². The molecular weight excluding hydrogens is 392 g/mol. The lowest BCUT2D eigenvalue weighted by atomic mass is 9.85. The van der Waals surface area contributed by atoms with Gasteiger partial charge in [-0.1, -0.05) is 41.9 Å². The van der Waals surface area contributed by atoms with Gasteiger partial charge in [-0.05, 0) is 53.6 Å². The number of nitrogens with one attached hydrogen (secondary N) is 2. The molecule has 0 radical (unpaired) electrons. The van der Waals surface area contributed by atoms with Crippen LogP contribution in [0.15, 0.2) is 72.8 Å². The Balaban J connectivity index is 1.95. The average Bonchev–Trinajstić information content (AvgIpc) is 2.77. The van der Waals surface area contributed by atoms with Crippen molar-refractivity contribution in [1.29, 1.82) is 0 Å². The van der Waals surface area contributed by atoms with Gasteiger partial charge in [-0.15, -0.1) is 0 Å². The molecule has 0 spiro atoms. The molecule has 3 rings (SSSR count). The Morgan fingerprint density at radius 3 is 1.86 bits per heavy atom. The lowest BCUT2D eigenvalue weighted by Gasteiger charge is -2.28. The van der Waals surface area contributed by atoms with E-state index >= 15 is 0 Å². The second kappa shape index (κ2) is 8.86. The SMILES string of the molecule is COc1ccc(C(O)(C(=O)NNc2cccc(Cl)c2)c2ccc(OC)cc2)cc1. The summed E-state index contributed by atoms with van der Waals surface area (Å²) in [5.74, 6) is 0.569. The van der Waals surface area contributed by atoms with Crippen LogP contribution >= 0.6 is 11.6 Å². The van der Waals surface area contributed by atoms with Crippen LogP contribution in [0.3, 0.4) is 0 Å². The minimum absolute atomic E-state index is 0.383. The summed E-state index contributed by atoms with van der Waals surface area (Å²) < 4.78 is 10.3. The first-order valence-corrected chi connectivity index (χ1v) is 9.18. The standard InChI is InChI=1S/C22H21ClN2O4/c1-28-19-10-6-15(7-11-19)22(27,16-8-12-20(29-2)13-9-16)21(26)25-24-18-5-3-4-17(23)14-18/h3-14,24,27H,1-2H3,(H,25,26). The van der Waals surface area contributed by atoms with E-state index in [2.05, 4.69) is 10.9 Å². The van der Waals surface area contributed by atoms with Gasteiger partial charge in [-0.2, -0.15) is 0 Å². The summed E-state index contributed by atoms with van der Waals surface area (Å²) in [4.78, 5) is 13.1. The summed E-state index contributed by atoms with van der Waals surface area (Å²) in [5.41, 5.74) is 4.74. The lowest BCUT2D eigenvalue weighted by molar-refractivity contribution is -0.136. The molecule has 1 amide bonds. The molecule has 0 aliphatic heterocycles. The molecule has 0 saturated heterocycles. The van der Waals surface area contributed by atoms with Gasteiger partial charge in [0.25, 0.3) is 5.91 Å². The number of ether oxygens (including phenoxy) is 2. The van der Waals surface area contributed by atoms with E-state index in [1.54, 1.807) is 87.0 Å². The minimum Gasteiger partial charge on any atom is -0.497 e. The number of aliphatic hydroxyl groups is 1. The van der Waals surface area contributed by atoms with E-state index < -0.39 is 11.5 Å². The molecule has 0 bridgehead atoms. The highest BCUT2D eigenvalue weighted by atomic mass is 35.5. The molecule has 150 valence electrons. The second-order valence-electron chi connectivity index (χ2n) is 6.26. The number of carbonyl (C=O) groups is 1. The van der Waals surface area contributed by atoms with Crippen LogP contribution in [0.5, 0.6) is 11.5 Å². The monoisotopic (exact) mass is 412 g/mol. The fraction of sp³-hybridized carbons (Fsp3) is 0.136. The predicted molar refractivity (Wildman–Crippen MR) is 112 cm³/mol. The van der Waals surface area contributed by atoms with Crippen molar-refractivity contribution in [3.63, 3.8) is 0 Å². The number of hydrazine groups is 1. The van der Waals surface area contributed by atoms with Crippen LogP contribution in [0, 0.1) is 0 Å². The molecular formula is C22H21ClN2O4. The summed E-state index contributed by atoms with van der Waals surface area (Å²) in [6.07, 6.45) is 0. The molecule has 0 aromatic heterocycles. The highest BCUT2D eigenvalue weighted by Gasteiger charge is 2.40. The van der Waals surface area contributed by atoms with Crippen LogP contribution in [-0.4, -0.2) is 25.2 Å². The van der Waals surface area contributed by atoms with E-state index in [9.17, 15) is 9.90 Å². The number of methoxy groups -OCH3 is 2. The van der Waals surface area contributed by atoms with Crippen molar-refractivity contribution >= 4 is 23.2 Å². The number of halogens is 1. The minimum atomic E-state index is -1.95. The number of benzene rings is 3. The summed E-state index contributed by atoms with van der Waals surface area (Å²) >= 11 is 5.97. The van der Waals surface area contributed by atoms with Gasteiger partial charge in [-0.3, -0.25) is 15.6 Å². The van der Waals surface area contributed by atoms with Crippen LogP contribution in [-0.2, 0) is 10.4 Å². The van der Waals surface area contributed by atoms with Crippen LogP contribution in [0.2, 0.25) is 5.02 Å². The van der Waals surface area contributed by atoms with Gasteiger partial charge < -0.3 is 14.6 Å². The van der Waals surface area contributed by atoms with Crippen LogP contribution in [0.25, 0.3) is 0 Å². The highest BCUT2D eigenvalue weighted by molar-refractivity contribution is 6.30. The molecule has 0 aliphatic carbocycles. The number of anilines is 1. The largest absolute Gasteiger partial charge is 0.497 e. The molecule has 3 N–H and O–H groups in total. The van der Waals surface area contributed by atoms with Gasteiger partial charge in [-0.25, -0.2) is 0 Å². The maximum absolute atomic E-state index is 13.1. The summed E-state index contributed by atoms with van der Waals surface area (Å²) in [6.45, 7) is 0. The second-order valence-corrected chi connectivity index (χ2v) is 6.69. The fourth-order valence-corrected chi connectivity index (χ4v) is 3.07. The summed E-state index contributed by atoms with van der Waals surface area (Å²) in [7, 11) is 3.10. The Kier molecular flexibility index (Phi) is 6.26. The van der Waals surface area contributed by atoms with Crippen molar-refractivity contribution in [2.45, 2.75) is 5.60 Å². The molecule has 29 heavy (non-hydrogen) atoms. The van der Waals surface area contributed by atoms with Crippen molar-refractivity contribution in [2.75, 3.05) is 19.6 Å². The fourth-order valence-electron chi connectivity index (χ4n) is 2.88. The number of amides is 1. The molecule has 6 nitrogen and oxygen atoms in total. The summed E-state index contributed by atoms with van der Waals surface area (Å²) in [5, 5.41) is 12.0. The van der Waals surface area contributed by atoms with Gasteiger partial charge in [0.15, 0.2) is 5.60 Å². The molecule has 0 aliphatic rings. The Labute approximate surface area is 174 Å². The van der Waals surface area contributed by atoms with Crippen molar-refractivity contribution in [3.05, 3.63) is 88.9 Å². The molecule has 7 heteroatoms. The molecule has 3 aromatic rings. The third-order valence-electron chi connectivity index (χ3n) is 4.49. The van der Waals surface area contributed by atoms with E-state index in [1.165, 1.54) is 0 Å². The van der Waals surface area contributed by atoms with Gasteiger partial charge in [0.05, 0.1) is 19.9 Å². The Morgan fingerprint density at radius 1 is 0.897 bits per heavy atom. The van der Waals surface area contributed by atoms with Crippen molar-refractivity contribution < 1.29 is 19.4 Å². The first kappa shape index (κ1) is 20.5. The van der Waals surface area contributed by atoms with E-state index in [4.69, 9.17) is 21.1 Å². The number of hydrogen-bond donors (Lipinski definition) is 3. The molecule has 3 aromatic carbocycles. The van der Waals surface area contributed by atoms with Gasteiger partial charge in [0.2, 0.25) is 0 Å². The first-order chi connectivity index (χ1) is 14.0. The molecule has 0 saturated carbocycles. The Morgan fingerprint density at radius 2 is 1.41 bits per heavy atom. The summed E-state index contributed by atoms with van der Waals surface area (Å²) in [6, 6.07) is 20.2. The van der Waals surface area contributed by atoms with E-state index in [0.29, 0.717) is 33.3 Å². The van der Waals surface area contributed by atoms with Gasteiger partial charge in [0, 0.05) is 5.02 Å². The number of rotatable bonds is 7. The quantitative estimate of drug-likeness (QED) is 0.515. The number of carbonyl (C=O) groups excluding carboxylic acids is 1. The molecule has 0 fully saturated rings. The van der Waals surface area contributed by atoms with Crippen molar-refractivity contribution in [3.8, 4) is 11.5 Å². The maximum Gasteiger partial charge on any atom is 0.279 e. The first-order valence-electron chi connectivity index (χ1n) is 8.81. The smallest absolute Gasteiger partial charge is 0.279 e. The highest BCUT2D eigenvalue weighted by Crippen LogP contribution is 2.32. The number of hydrogen-bond acceptors (Lipinski definition) is 5. The normalized spacial score (nSPS) is 10.9. The van der Waals surface area contributed by atoms with E-state index in [1.807, 2.05) is 0 Å². The van der Waals surface area contributed by atoms with Crippen LogP contribution in [0.1, 0.15) is 11.1 Å². The van der Waals surface area contributed by atoms with Crippen molar-refractivity contribution in [1.82, 2.24) is 5.43 Å². The van der Waals surface area contributed by atoms with E-state index in [0.717, 1.165) is 0 Å². The average molecular weight is 413 g/mol. The predicted octanol–water partition coefficient (Wildman–Crippen LogP) is 3.74. The zero-order valence-electron chi connectivity index (χ0n) is 16.0.